The van der Waals surface area contributed by atoms with E-state index in [1.807, 2.05) is 39.8 Å². The van der Waals surface area contributed by atoms with Gasteiger partial charge in [-0.3, -0.25) is 4.90 Å². The number of hydrogen-bond acceptors (Lipinski definition) is 4. The molecule has 0 spiro atoms. The number of ether oxygens (including phenoxy) is 1. The smallest absolute Gasteiger partial charge is 0.412 e. The van der Waals surface area contributed by atoms with E-state index in [2.05, 4.69) is 69.3 Å². The van der Waals surface area contributed by atoms with Crippen LogP contribution in [0.1, 0.15) is 54.9 Å². The van der Waals surface area contributed by atoms with Crippen molar-refractivity contribution in [1.29, 1.82) is 0 Å². The van der Waals surface area contributed by atoms with E-state index in [1.54, 1.807) is 4.90 Å². The fraction of sp³-hybridized carbons (Fsp3) is 0.500. The molecule has 0 unspecified atom stereocenters. The maximum absolute atomic E-state index is 13.2. The summed E-state index contributed by atoms with van der Waals surface area (Å²) in [7, 11) is -2.87. The molecule has 2 aromatic carbocycles. The molecule has 32 heavy (non-hydrogen) atoms. The fourth-order valence-electron chi connectivity index (χ4n) is 4.75. The van der Waals surface area contributed by atoms with Crippen molar-refractivity contribution in [2.45, 2.75) is 77.3 Å². The second-order valence-electron chi connectivity index (χ2n) is 11.0. The van der Waals surface area contributed by atoms with E-state index in [9.17, 15) is 4.79 Å². The minimum absolute atomic E-state index is 0.175. The summed E-state index contributed by atoms with van der Waals surface area (Å²) in [5.41, 5.74) is 4.92. The highest BCUT2D eigenvalue weighted by atomic mass is 28.4. The first-order chi connectivity index (χ1) is 14.8. The van der Waals surface area contributed by atoms with E-state index in [-0.39, 0.29) is 17.2 Å². The predicted molar refractivity (Wildman–Crippen MR) is 133 cm³/mol. The number of nitrogens with zero attached hydrogens (tertiary/aromatic N) is 1. The number of rotatable bonds is 4. The molecule has 174 valence electrons. The predicted octanol–water partition coefficient (Wildman–Crippen LogP) is 4.25. The number of benzene rings is 2. The first-order valence-corrected chi connectivity index (χ1v) is 13.3. The van der Waals surface area contributed by atoms with E-state index in [0.29, 0.717) is 13.0 Å². The summed E-state index contributed by atoms with van der Waals surface area (Å²) in [5, 5.41) is 2.14. The van der Waals surface area contributed by atoms with Crippen LogP contribution in [0.3, 0.4) is 0 Å². The first-order valence-electron chi connectivity index (χ1n) is 11.4. The van der Waals surface area contributed by atoms with Crippen molar-refractivity contribution in [1.82, 2.24) is 4.90 Å². The van der Waals surface area contributed by atoms with Gasteiger partial charge in [0.05, 0.1) is 0 Å². The minimum Gasteiger partial charge on any atom is -0.444 e. The van der Waals surface area contributed by atoms with Crippen LogP contribution in [-0.2, 0) is 9.16 Å². The van der Waals surface area contributed by atoms with Crippen molar-refractivity contribution in [3.05, 3.63) is 60.7 Å². The second kappa shape index (κ2) is 8.65. The van der Waals surface area contributed by atoms with Crippen LogP contribution in [-0.4, -0.2) is 43.2 Å². The van der Waals surface area contributed by atoms with Crippen LogP contribution in [0.15, 0.2) is 60.7 Å². The topological polar surface area (TPSA) is 64.8 Å². The molecule has 2 atom stereocenters. The molecule has 1 aliphatic rings. The molecule has 1 fully saturated rings. The minimum atomic E-state index is -2.87. The molecule has 5 nitrogen and oxygen atoms in total. The van der Waals surface area contributed by atoms with Gasteiger partial charge in [-0.2, -0.15) is 0 Å². The summed E-state index contributed by atoms with van der Waals surface area (Å²) in [5.74, 6) is 0. The number of hydrogen-bond donors (Lipinski definition) is 1. The van der Waals surface area contributed by atoms with E-state index in [1.165, 1.54) is 10.4 Å². The highest BCUT2D eigenvalue weighted by Crippen LogP contribution is 2.43. The molecule has 0 aromatic heterocycles. The van der Waals surface area contributed by atoms with Crippen LogP contribution in [0.5, 0.6) is 0 Å². The monoisotopic (exact) mass is 454 g/mol. The Morgan fingerprint density at radius 2 is 1.44 bits per heavy atom. The van der Waals surface area contributed by atoms with E-state index in [4.69, 9.17) is 14.9 Å². The van der Waals surface area contributed by atoms with Gasteiger partial charge >= 0.3 is 6.09 Å². The zero-order valence-electron chi connectivity index (χ0n) is 20.5. The number of carbonyl (C=O) groups excluding carboxylic acids is 1. The molecule has 0 aliphatic carbocycles. The van der Waals surface area contributed by atoms with E-state index >= 15 is 0 Å². The number of amides is 1. The van der Waals surface area contributed by atoms with Gasteiger partial charge in [0.15, 0.2) is 0 Å². The Labute approximate surface area is 194 Å². The molecule has 0 radical (unpaired) electrons. The van der Waals surface area contributed by atoms with Crippen LogP contribution < -0.4 is 16.1 Å². The lowest BCUT2D eigenvalue weighted by molar-refractivity contribution is -0.0602. The standard InChI is InChI=1S/C26H38N2O3Si/c1-24(2,3)30-23(29)28-19-20(27)18-26(28,7)31-32(25(4,5)6,21-14-10-8-11-15-21)22-16-12-9-13-17-22/h8-17,20H,18-19,27H2,1-7H3/t20-,26-/m0/s1. The Balaban J connectivity index is 2.17. The number of carbonyl (C=O) groups is 1. The third kappa shape index (κ3) is 4.77. The second-order valence-corrected chi connectivity index (χ2v) is 15.2. The molecule has 1 saturated heterocycles. The van der Waals surface area contributed by atoms with Crippen molar-refractivity contribution < 1.29 is 14.0 Å². The van der Waals surface area contributed by atoms with Crippen LogP contribution >= 0.6 is 0 Å². The largest absolute Gasteiger partial charge is 0.444 e. The SMILES string of the molecule is CC(C)(C)OC(=O)N1C[C@@H](N)C[C@]1(C)O[Si](c1ccccc1)(c1ccccc1)C(C)(C)C. The molecule has 1 heterocycles. The molecule has 6 heteroatoms. The summed E-state index contributed by atoms with van der Waals surface area (Å²) in [6.45, 7) is 14.7. The van der Waals surface area contributed by atoms with Gasteiger partial charge in [-0.15, -0.1) is 0 Å². The maximum Gasteiger partial charge on any atom is 0.412 e. The Morgan fingerprint density at radius 3 is 1.84 bits per heavy atom. The third-order valence-corrected chi connectivity index (χ3v) is 11.2. The maximum atomic E-state index is 13.2. The van der Waals surface area contributed by atoms with Crippen molar-refractivity contribution in [2.24, 2.45) is 5.73 Å². The summed E-state index contributed by atoms with van der Waals surface area (Å²) in [6, 6.07) is 20.7. The van der Waals surface area contributed by atoms with Crippen molar-refractivity contribution in [3.8, 4) is 0 Å². The Kier molecular flexibility index (Phi) is 6.62. The van der Waals surface area contributed by atoms with Crippen LogP contribution in [0.2, 0.25) is 5.04 Å². The Bertz CT molecular complexity index is 882. The summed E-state index contributed by atoms with van der Waals surface area (Å²) < 4.78 is 13.1. The Morgan fingerprint density at radius 1 is 0.969 bits per heavy atom. The van der Waals surface area contributed by atoms with E-state index < -0.39 is 19.6 Å². The summed E-state index contributed by atoms with van der Waals surface area (Å²) in [6.07, 6.45) is 0.169. The normalized spacial score (nSPS) is 22.1. The highest BCUT2D eigenvalue weighted by Gasteiger charge is 2.57. The molecule has 2 N–H and O–H groups in total. The molecular weight excluding hydrogens is 416 g/mol. The summed E-state index contributed by atoms with van der Waals surface area (Å²) >= 11 is 0. The average molecular weight is 455 g/mol. The molecule has 0 bridgehead atoms. The molecule has 3 rings (SSSR count). The first kappa shape index (κ1) is 24.5. The average Bonchev–Trinajstić information content (AvgIpc) is 2.99. The van der Waals surface area contributed by atoms with Gasteiger partial charge in [-0.05, 0) is 43.1 Å². The molecule has 1 aliphatic heterocycles. The van der Waals surface area contributed by atoms with Crippen molar-refractivity contribution >= 4 is 24.8 Å². The van der Waals surface area contributed by atoms with Crippen LogP contribution in [0.25, 0.3) is 0 Å². The third-order valence-electron chi connectivity index (χ3n) is 6.03. The van der Waals surface area contributed by atoms with Gasteiger partial charge in [0.2, 0.25) is 0 Å². The van der Waals surface area contributed by atoms with Crippen LogP contribution in [0, 0.1) is 0 Å². The quantitative estimate of drug-likeness (QED) is 0.702. The molecular formula is C26H38N2O3Si. The number of likely N-dealkylation sites (tertiary alicyclic amines) is 1. The van der Waals surface area contributed by atoms with Gasteiger partial charge in [-0.1, -0.05) is 81.4 Å². The van der Waals surface area contributed by atoms with E-state index in [0.717, 1.165) is 0 Å². The van der Waals surface area contributed by atoms with Gasteiger partial charge in [0.25, 0.3) is 8.32 Å². The zero-order valence-corrected chi connectivity index (χ0v) is 21.5. The lowest BCUT2D eigenvalue weighted by Gasteiger charge is -2.49. The summed E-state index contributed by atoms with van der Waals surface area (Å²) in [4.78, 5) is 14.9. The van der Waals surface area contributed by atoms with Gasteiger partial charge in [0, 0.05) is 19.0 Å². The van der Waals surface area contributed by atoms with Gasteiger partial charge in [-0.25, -0.2) is 4.79 Å². The fourth-order valence-corrected chi connectivity index (χ4v) is 9.53. The van der Waals surface area contributed by atoms with Crippen molar-refractivity contribution in [3.63, 3.8) is 0 Å². The lowest BCUT2D eigenvalue weighted by Crippen LogP contribution is -2.71. The zero-order chi connectivity index (χ0) is 23.8. The van der Waals surface area contributed by atoms with Crippen molar-refractivity contribution in [2.75, 3.05) is 6.54 Å². The highest BCUT2D eigenvalue weighted by molar-refractivity contribution is 6.99. The lowest BCUT2D eigenvalue weighted by atomic mass is 10.1. The van der Waals surface area contributed by atoms with Crippen LogP contribution in [0.4, 0.5) is 4.79 Å². The Hall–Kier alpha value is -2.15. The van der Waals surface area contributed by atoms with Gasteiger partial charge in [0.1, 0.15) is 11.3 Å². The molecule has 1 amide bonds. The van der Waals surface area contributed by atoms with Gasteiger partial charge < -0.3 is 14.9 Å². The molecule has 0 saturated carbocycles. The molecule has 2 aromatic rings. The number of nitrogens with two attached hydrogens (primary N) is 1.